The summed E-state index contributed by atoms with van der Waals surface area (Å²) >= 11 is 0. The van der Waals surface area contributed by atoms with Crippen LogP contribution in [0.4, 0.5) is 0 Å². The molecule has 0 aliphatic carbocycles. The molecule has 2 heterocycles. The summed E-state index contributed by atoms with van der Waals surface area (Å²) in [6.07, 6.45) is 2.99. The van der Waals surface area contributed by atoms with Gasteiger partial charge in [0.25, 0.3) is 0 Å². The van der Waals surface area contributed by atoms with E-state index in [0.717, 1.165) is 0 Å². The molecule has 0 saturated carbocycles. The Morgan fingerprint density at radius 1 is 1.27 bits per heavy atom. The number of imidazole rings is 1. The van der Waals surface area contributed by atoms with E-state index in [0.29, 0.717) is 36.9 Å². The van der Waals surface area contributed by atoms with Gasteiger partial charge in [0.2, 0.25) is 5.88 Å². The third-order valence-corrected chi connectivity index (χ3v) is 1.86. The fraction of sp³-hybridized carbons (Fsp3) is 0.444. The number of fused-ring (bicyclic) bond motifs is 1. The predicted molar refractivity (Wildman–Crippen MR) is 53.7 cm³/mol. The standard InChI is InChI=1S/C9H12N4O2/c1-2-14-3-4-15-9-7-8(11-5-10-7)12-6-13-9/h5-6H,2-4H2,1H3,(H,10,11,12,13). The Morgan fingerprint density at radius 2 is 2.20 bits per heavy atom. The van der Waals surface area contributed by atoms with Crippen LogP contribution in [0.5, 0.6) is 5.88 Å². The maximum absolute atomic E-state index is 5.43. The summed E-state index contributed by atoms with van der Waals surface area (Å²) in [6, 6.07) is 0. The van der Waals surface area contributed by atoms with E-state index in [1.54, 1.807) is 6.33 Å². The highest BCUT2D eigenvalue weighted by Gasteiger charge is 2.05. The molecule has 6 heteroatoms. The van der Waals surface area contributed by atoms with Crippen molar-refractivity contribution in [3.05, 3.63) is 12.7 Å². The Kier molecular flexibility index (Phi) is 3.08. The number of aromatic amines is 1. The summed E-state index contributed by atoms with van der Waals surface area (Å²) in [5.74, 6) is 0.511. The van der Waals surface area contributed by atoms with Crippen LogP contribution in [0.25, 0.3) is 11.2 Å². The zero-order valence-corrected chi connectivity index (χ0v) is 8.43. The van der Waals surface area contributed by atoms with E-state index in [1.807, 2.05) is 6.92 Å². The number of hydrogen-bond acceptors (Lipinski definition) is 5. The van der Waals surface area contributed by atoms with Crippen LogP contribution in [0.15, 0.2) is 12.7 Å². The minimum Gasteiger partial charge on any atom is -0.474 e. The molecular formula is C9H12N4O2. The molecule has 2 aromatic heterocycles. The molecule has 0 fully saturated rings. The van der Waals surface area contributed by atoms with Gasteiger partial charge in [-0.15, -0.1) is 0 Å². The molecule has 0 bridgehead atoms. The Balaban J connectivity index is 2.04. The van der Waals surface area contributed by atoms with Crippen molar-refractivity contribution in [2.24, 2.45) is 0 Å². The van der Waals surface area contributed by atoms with Gasteiger partial charge in [-0.25, -0.2) is 9.97 Å². The Labute approximate surface area is 86.7 Å². The van der Waals surface area contributed by atoms with E-state index in [4.69, 9.17) is 9.47 Å². The van der Waals surface area contributed by atoms with Gasteiger partial charge in [-0.2, -0.15) is 4.98 Å². The van der Waals surface area contributed by atoms with E-state index < -0.39 is 0 Å². The minimum atomic E-state index is 0.471. The molecule has 2 rings (SSSR count). The maximum atomic E-state index is 5.43. The summed E-state index contributed by atoms with van der Waals surface area (Å²) in [6.45, 7) is 3.65. The largest absolute Gasteiger partial charge is 0.474 e. The van der Waals surface area contributed by atoms with Crippen molar-refractivity contribution in [2.45, 2.75) is 6.92 Å². The van der Waals surface area contributed by atoms with Gasteiger partial charge in [-0.1, -0.05) is 0 Å². The summed E-state index contributed by atoms with van der Waals surface area (Å²) in [5, 5.41) is 0. The van der Waals surface area contributed by atoms with Gasteiger partial charge >= 0.3 is 0 Å². The van der Waals surface area contributed by atoms with E-state index in [9.17, 15) is 0 Å². The van der Waals surface area contributed by atoms with Gasteiger partial charge in [0.1, 0.15) is 18.5 Å². The second kappa shape index (κ2) is 4.70. The smallest absolute Gasteiger partial charge is 0.243 e. The fourth-order valence-corrected chi connectivity index (χ4v) is 1.19. The summed E-state index contributed by atoms with van der Waals surface area (Å²) in [7, 11) is 0. The number of ether oxygens (including phenoxy) is 2. The van der Waals surface area contributed by atoms with Crippen LogP contribution in [0.2, 0.25) is 0 Å². The van der Waals surface area contributed by atoms with Crippen LogP contribution in [-0.4, -0.2) is 39.8 Å². The first-order valence-corrected chi connectivity index (χ1v) is 4.76. The number of hydrogen-bond donors (Lipinski definition) is 1. The lowest BCUT2D eigenvalue weighted by molar-refractivity contribution is 0.109. The van der Waals surface area contributed by atoms with Crippen LogP contribution in [-0.2, 0) is 4.74 Å². The Bertz CT molecular complexity index is 429. The van der Waals surface area contributed by atoms with Crippen molar-refractivity contribution in [3.8, 4) is 5.88 Å². The van der Waals surface area contributed by atoms with Gasteiger partial charge in [0, 0.05) is 6.61 Å². The van der Waals surface area contributed by atoms with Crippen LogP contribution in [0, 0.1) is 0 Å². The molecule has 0 amide bonds. The highest BCUT2D eigenvalue weighted by atomic mass is 16.5. The topological polar surface area (TPSA) is 72.9 Å². The van der Waals surface area contributed by atoms with Crippen molar-refractivity contribution in [1.29, 1.82) is 0 Å². The first-order valence-electron chi connectivity index (χ1n) is 4.76. The summed E-state index contributed by atoms with van der Waals surface area (Å²) < 4.78 is 10.6. The zero-order valence-electron chi connectivity index (χ0n) is 8.43. The molecule has 0 radical (unpaired) electrons. The zero-order chi connectivity index (χ0) is 10.5. The van der Waals surface area contributed by atoms with Gasteiger partial charge in [-0.3, -0.25) is 0 Å². The average Bonchev–Trinajstić information content (AvgIpc) is 2.73. The molecule has 0 aromatic carbocycles. The lowest BCUT2D eigenvalue weighted by atomic mass is 10.5. The number of aromatic nitrogens is 4. The molecule has 2 aromatic rings. The molecule has 0 saturated heterocycles. The van der Waals surface area contributed by atoms with Crippen LogP contribution >= 0.6 is 0 Å². The molecule has 0 aliphatic heterocycles. The third kappa shape index (κ3) is 2.21. The number of nitrogens with zero attached hydrogens (tertiary/aromatic N) is 3. The Hall–Kier alpha value is -1.69. The van der Waals surface area contributed by atoms with Crippen LogP contribution in [0.1, 0.15) is 6.92 Å². The summed E-state index contributed by atoms with van der Waals surface area (Å²) in [5.41, 5.74) is 1.32. The van der Waals surface area contributed by atoms with Crippen molar-refractivity contribution in [3.63, 3.8) is 0 Å². The quantitative estimate of drug-likeness (QED) is 0.734. The van der Waals surface area contributed by atoms with Gasteiger partial charge < -0.3 is 14.5 Å². The van der Waals surface area contributed by atoms with E-state index in [1.165, 1.54) is 6.33 Å². The second-order valence-corrected chi connectivity index (χ2v) is 2.83. The minimum absolute atomic E-state index is 0.471. The van der Waals surface area contributed by atoms with E-state index in [2.05, 4.69) is 19.9 Å². The lowest BCUT2D eigenvalue weighted by Crippen LogP contribution is -2.07. The molecule has 0 atom stereocenters. The van der Waals surface area contributed by atoms with Gasteiger partial charge in [0.05, 0.1) is 12.9 Å². The predicted octanol–water partition coefficient (Wildman–Crippen LogP) is 0.768. The first-order chi connectivity index (χ1) is 7.42. The van der Waals surface area contributed by atoms with Crippen molar-refractivity contribution in [2.75, 3.05) is 19.8 Å². The molecule has 0 unspecified atom stereocenters. The van der Waals surface area contributed by atoms with Gasteiger partial charge in [0.15, 0.2) is 5.65 Å². The highest BCUT2D eigenvalue weighted by Crippen LogP contribution is 2.16. The maximum Gasteiger partial charge on any atom is 0.243 e. The van der Waals surface area contributed by atoms with Gasteiger partial charge in [-0.05, 0) is 6.92 Å². The monoisotopic (exact) mass is 208 g/mol. The molecule has 80 valence electrons. The number of rotatable bonds is 5. The SMILES string of the molecule is CCOCCOc1ncnc2nc[nH]c12. The first kappa shape index (κ1) is 9.85. The number of nitrogens with one attached hydrogen (secondary N) is 1. The highest BCUT2D eigenvalue weighted by molar-refractivity contribution is 5.74. The van der Waals surface area contributed by atoms with Crippen molar-refractivity contribution < 1.29 is 9.47 Å². The molecule has 1 N–H and O–H groups in total. The molecule has 15 heavy (non-hydrogen) atoms. The van der Waals surface area contributed by atoms with E-state index >= 15 is 0 Å². The van der Waals surface area contributed by atoms with Crippen molar-refractivity contribution >= 4 is 11.2 Å². The van der Waals surface area contributed by atoms with Crippen molar-refractivity contribution in [1.82, 2.24) is 19.9 Å². The van der Waals surface area contributed by atoms with Crippen LogP contribution in [0.3, 0.4) is 0 Å². The Morgan fingerprint density at radius 3 is 3.07 bits per heavy atom. The average molecular weight is 208 g/mol. The second-order valence-electron chi connectivity index (χ2n) is 2.83. The summed E-state index contributed by atoms with van der Waals surface area (Å²) in [4.78, 5) is 14.9. The fourth-order valence-electron chi connectivity index (χ4n) is 1.19. The number of H-pyrrole nitrogens is 1. The van der Waals surface area contributed by atoms with E-state index in [-0.39, 0.29) is 0 Å². The molecule has 6 nitrogen and oxygen atoms in total. The molecule has 0 aliphatic rings. The third-order valence-electron chi connectivity index (χ3n) is 1.86. The normalized spacial score (nSPS) is 10.7. The lowest BCUT2D eigenvalue weighted by Gasteiger charge is -2.04. The van der Waals surface area contributed by atoms with Crippen LogP contribution < -0.4 is 4.74 Å². The molecular weight excluding hydrogens is 196 g/mol. The molecule has 0 spiro atoms.